The van der Waals surface area contributed by atoms with Crippen LogP contribution >= 0.6 is 0 Å². The van der Waals surface area contributed by atoms with E-state index in [1.54, 1.807) is 0 Å². The lowest BCUT2D eigenvalue weighted by molar-refractivity contribution is -0.129. The molecule has 2 rings (SSSR count). The standard InChI is InChI=1S/C14H20N4O3/c19-13(18-12-6-16-17-7-12)8-15-14(20)10-21-9-11-4-2-1-3-5-11/h1-5,12,16-17H,6-10H2,(H,15,20)(H,18,19). The molecule has 0 unspecified atom stereocenters. The highest BCUT2D eigenvalue weighted by Crippen LogP contribution is 1.99. The molecule has 21 heavy (non-hydrogen) atoms. The van der Waals surface area contributed by atoms with E-state index in [2.05, 4.69) is 21.5 Å². The number of amides is 2. The molecule has 0 spiro atoms. The van der Waals surface area contributed by atoms with Crippen LogP contribution in [0.4, 0.5) is 0 Å². The van der Waals surface area contributed by atoms with E-state index >= 15 is 0 Å². The molecule has 1 aliphatic heterocycles. The average Bonchev–Trinajstić information content (AvgIpc) is 2.99. The summed E-state index contributed by atoms with van der Waals surface area (Å²) in [6.45, 7) is 1.64. The number of carbonyl (C=O) groups is 2. The van der Waals surface area contributed by atoms with Crippen LogP contribution in [0.1, 0.15) is 5.56 Å². The predicted octanol–water partition coefficient (Wildman–Crippen LogP) is -1.09. The highest BCUT2D eigenvalue weighted by Gasteiger charge is 2.16. The molecule has 2 amide bonds. The summed E-state index contributed by atoms with van der Waals surface area (Å²) in [7, 11) is 0. The van der Waals surface area contributed by atoms with Crippen LogP contribution in [-0.4, -0.2) is 44.1 Å². The number of benzene rings is 1. The lowest BCUT2D eigenvalue weighted by atomic mass is 10.2. The number of rotatable bonds is 7. The van der Waals surface area contributed by atoms with Crippen LogP contribution in [0.2, 0.25) is 0 Å². The number of nitrogens with one attached hydrogen (secondary N) is 4. The first-order chi connectivity index (χ1) is 10.2. The van der Waals surface area contributed by atoms with Gasteiger partial charge in [-0.15, -0.1) is 0 Å². The number of hydrogen-bond acceptors (Lipinski definition) is 5. The first-order valence-electron chi connectivity index (χ1n) is 6.87. The molecule has 1 fully saturated rings. The number of carbonyl (C=O) groups excluding carboxylic acids is 2. The molecule has 0 aromatic heterocycles. The summed E-state index contributed by atoms with van der Waals surface area (Å²) in [5, 5.41) is 5.32. The van der Waals surface area contributed by atoms with Crippen molar-refractivity contribution in [2.75, 3.05) is 26.2 Å². The van der Waals surface area contributed by atoms with Gasteiger partial charge in [-0.05, 0) is 5.56 Å². The fourth-order valence-electron chi connectivity index (χ4n) is 1.91. The van der Waals surface area contributed by atoms with E-state index in [0.717, 1.165) is 5.56 Å². The molecule has 4 N–H and O–H groups in total. The van der Waals surface area contributed by atoms with Gasteiger partial charge in [0.1, 0.15) is 6.61 Å². The minimum absolute atomic E-state index is 0.0377. The van der Waals surface area contributed by atoms with Gasteiger partial charge in [0, 0.05) is 13.1 Å². The molecule has 0 bridgehead atoms. The Morgan fingerprint density at radius 2 is 1.86 bits per heavy atom. The van der Waals surface area contributed by atoms with Crippen molar-refractivity contribution < 1.29 is 14.3 Å². The SMILES string of the molecule is O=C(COCc1ccccc1)NCC(=O)NC1CNNC1. The third kappa shape index (κ3) is 5.90. The van der Waals surface area contributed by atoms with E-state index in [4.69, 9.17) is 4.74 Å². The fourth-order valence-corrected chi connectivity index (χ4v) is 1.91. The van der Waals surface area contributed by atoms with Crippen molar-refractivity contribution in [1.82, 2.24) is 21.5 Å². The van der Waals surface area contributed by atoms with Gasteiger partial charge in [-0.1, -0.05) is 30.3 Å². The zero-order valence-corrected chi connectivity index (χ0v) is 11.7. The topological polar surface area (TPSA) is 91.5 Å². The molecular weight excluding hydrogens is 272 g/mol. The second-order valence-electron chi connectivity index (χ2n) is 4.78. The van der Waals surface area contributed by atoms with Crippen LogP contribution < -0.4 is 21.5 Å². The van der Waals surface area contributed by atoms with Crippen molar-refractivity contribution >= 4 is 11.8 Å². The van der Waals surface area contributed by atoms with E-state index in [9.17, 15) is 9.59 Å². The summed E-state index contributed by atoms with van der Waals surface area (Å²) in [6, 6.07) is 9.66. The molecule has 7 heteroatoms. The predicted molar refractivity (Wildman–Crippen MR) is 77.0 cm³/mol. The third-order valence-corrected chi connectivity index (χ3v) is 2.98. The monoisotopic (exact) mass is 292 g/mol. The Hall–Kier alpha value is -1.96. The van der Waals surface area contributed by atoms with Crippen LogP contribution in [0.15, 0.2) is 30.3 Å². The maximum absolute atomic E-state index is 11.6. The summed E-state index contributed by atoms with van der Waals surface area (Å²) in [5.74, 6) is -0.509. The zero-order chi connectivity index (χ0) is 14.9. The molecule has 1 saturated heterocycles. The minimum Gasteiger partial charge on any atom is -0.367 e. The maximum Gasteiger partial charge on any atom is 0.246 e. The Labute approximate surface area is 123 Å². The molecule has 7 nitrogen and oxygen atoms in total. The van der Waals surface area contributed by atoms with Crippen molar-refractivity contribution in [3.63, 3.8) is 0 Å². The average molecular weight is 292 g/mol. The van der Waals surface area contributed by atoms with Gasteiger partial charge in [-0.2, -0.15) is 0 Å². The van der Waals surface area contributed by atoms with Gasteiger partial charge < -0.3 is 15.4 Å². The van der Waals surface area contributed by atoms with E-state index < -0.39 is 0 Å². The summed E-state index contributed by atoms with van der Waals surface area (Å²) >= 11 is 0. The summed E-state index contributed by atoms with van der Waals surface area (Å²) in [4.78, 5) is 23.1. The van der Waals surface area contributed by atoms with Crippen molar-refractivity contribution in [2.45, 2.75) is 12.6 Å². The van der Waals surface area contributed by atoms with Crippen molar-refractivity contribution in [2.24, 2.45) is 0 Å². The van der Waals surface area contributed by atoms with E-state index in [1.165, 1.54) is 0 Å². The Bertz CT molecular complexity index is 461. The summed E-state index contributed by atoms with van der Waals surface area (Å²) < 4.78 is 5.28. The fraction of sp³-hybridized carbons (Fsp3) is 0.429. The van der Waals surface area contributed by atoms with Crippen LogP contribution in [0, 0.1) is 0 Å². The van der Waals surface area contributed by atoms with Gasteiger partial charge >= 0.3 is 0 Å². The van der Waals surface area contributed by atoms with E-state index in [0.29, 0.717) is 19.7 Å². The lowest BCUT2D eigenvalue weighted by Gasteiger charge is -2.11. The molecule has 1 aliphatic rings. The Morgan fingerprint density at radius 3 is 2.57 bits per heavy atom. The molecule has 114 valence electrons. The van der Waals surface area contributed by atoms with Crippen LogP contribution in [0.3, 0.4) is 0 Å². The number of hydrogen-bond donors (Lipinski definition) is 4. The quantitative estimate of drug-likeness (QED) is 0.513. The molecule has 0 radical (unpaired) electrons. The Morgan fingerprint density at radius 1 is 1.14 bits per heavy atom. The zero-order valence-electron chi connectivity index (χ0n) is 11.7. The third-order valence-electron chi connectivity index (χ3n) is 2.98. The first kappa shape index (κ1) is 15.4. The van der Waals surface area contributed by atoms with Crippen LogP contribution in [0.5, 0.6) is 0 Å². The summed E-state index contributed by atoms with van der Waals surface area (Å²) in [5.41, 5.74) is 6.83. The van der Waals surface area contributed by atoms with Crippen molar-refractivity contribution in [3.8, 4) is 0 Å². The molecule has 1 aromatic rings. The summed E-state index contributed by atoms with van der Waals surface area (Å²) in [6.07, 6.45) is 0. The van der Waals surface area contributed by atoms with Crippen molar-refractivity contribution in [3.05, 3.63) is 35.9 Å². The Kier molecular flexibility index (Phi) is 6.14. The van der Waals surface area contributed by atoms with Gasteiger partial charge in [0.25, 0.3) is 0 Å². The first-order valence-corrected chi connectivity index (χ1v) is 6.87. The van der Waals surface area contributed by atoms with Crippen molar-refractivity contribution in [1.29, 1.82) is 0 Å². The molecule has 1 heterocycles. The number of hydrazine groups is 1. The van der Waals surface area contributed by atoms with E-state index in [-0.39, 0.29) is 31.0 Å². The molecule has 0 saturated carbocycles. The number of ether oxygens (including phenoxy) is 1. The highest BCUT2D eigenvalue weighted by molar-refractivity contribution is 5.85. The molecular formula is C14H20N4O3. The maximum atomic E-state index is 11.6. The van der Waals surface area contributed by atoms with Gasteiger partial charge in [-0.25, -0.2) is 0 Å². The van der Waals surface area contributed by atoms with Crippen LogP contribution in [-0.2, 0) is 20.9 Å². The second-order valence-corrected chi connectivity index (χ2v) is 4.78. The largest absolute Gasteiger partial charge is 0.367 e. The van der Waals surface area contributed by atoms with Gasteiger partial charge in [-0.3, -0.25) is 20.4 Å². The smallest absolute Gasteiger partial charge is 0.246 e. The van der Waals surface area contributed by atoms with Gasteiger partial charge in [0.2, 0.25) is 11.8 Å². The Balaban J connectivity index is 1.55. The molecule has 1 aromatic carbocycles. The normalized spacial score (nSPS) is 14.9. The second kappa shape index (κ2) is 8.35. The molecule has 0 atom stereocenters. The minimum atomic E-state index is -0.302. The van der Waals surface area contributed by atoms with Gasteiger partial charge in [0.15, 0.2) is 0 Å². The van der Waals surface area contributed by atoms with Gasteiger partial charge in [0.05, 0.1) is 19.2 Å². The van der Waals surface area contributed by atoms with E-state index in [1.807, 2.05) is 30.3 Å². The lowest BCUT2D eigenvalue weighted by Crippen LogP contribution is -2.44. The molecule has 0 aliphatic carbocycles. The highest BCUT2D eigenvalue weighted by atomic mass is 16.5. The van der Waals surface area contributed by atoms with Crippen LogP contribution in [0.25, 0.3) is 0 Å².